The fourth-order valence-electron chi connectivity index (χ4n) is 0.577. The number of allylic oxidation sites excluding steroid dienone is 1. The molecule has 0 N–H and O–H groups in total. The third-order valence-corrected chi connectivity index (χ3v) is 1.07. The summed E-state index contributed by atoms with van der Waals surface area (Å²) in [5.74, 6) is 0. The van der Waals surface area contributed by atoms with Gasteiger partial charge < -0.3 is 4.74 Å². The van der Waals surface area contributed by atoms with Gasteiger partial charge in [-0.1, -0.05) is 42.5 Å². The van der Waals surface area contributed by atoms with Crippen molar-refractivity contribution < 1.29 is 4.74 Å². The average Bonchev–Trinajstić information content (AvgIpc) is 2.18. The molecule has 0 aliphatic heterocycles. The minimum atomic E-state index is 0.768. The molecule has 0 saturated heterocycles. The minimum absolute atomic E-state index is 0.768. The van der Waals surface area contributed by atoms with E-state index in [1.807, 2.05) is 56.3 Å². The molecule has 66 valence electrons. The Balaban J connectivity index is 0.000000202. The van der Waals surface area contributed by atoms with E-state index >= 15 is 0 Å². The highest BCUT2D eigenvalue weighted by molar-refractivity contribution is 4.99. The lowest BCUT2D eigenvalue weighted by Crippen LogP contribution is -1.73. The van der Waals surface area contributed by atoms with E-state index in [-0.39, 0.29) is 0 Å². The fraction of sp³-hybridized carbons (Fsp3) is 0.273. The van der Waals surface area contributed by atoms with Crippen molar-refractivity contribution in [2.24, 2.45) is 0 Å². The summed E-state index contributed by atoms with van der Waals surface area (Å²) >= 11 is 0. The monoisotopic (exact) mass is 164 g/mol. The van der Waals surface area contributed by atoms with Crippen molar-refractivity contribution in [3.63, 3.8) is 0 Å². The van der Waals surface area contributed by atoms with Gasteiger partial charge in [0.15, 0.2) is 0 Å². The van der Waals surface area contributed by atoms with Crippen LogP contribution in [-0.4, -0.2) is 6.61 Å². The van der Waals surface area contributed by atoms with E-state index in [0.717, 1.165) is 6.61 Å². The van der Waals surface area contributed by atoms with Gasteiger partial charge in [0.2, 0.25) is 0 Å². The van der Waals surface area contributed by atoms with Gasteiger partial charge in [0.25, 0.3) is 0 Å². The van der Waals surface area contributed by atoms with Crippen molar-refractivity contribution in [3.05, 3.63) is 48.7 Å². The van der Waals surface area contributed by atoms with Gasteiger partial charge in [0.1, 0.15) is 0 Å². The van der Waals surface area contributed by atoms with Crippen LogP contribution in [0.25, 0.3) is 0 Å². The standard InChI is InChI=1S/C6H6.C5H10O/c1-2-4-6-5-3-1;1-3-5-6-4-2/h1-6H;3,5H,4H2,1-2H3. The van der Waals surface area contributed by atoms with Gasteiger partial charge >= 0.3 is 0 Å². The zero-order valence-electron chi connectivity index (χ0n) is 7.73. The fourth-order valence-corrected chi connectivity index (χ4v) is 0.577. The summed E-state index contributed by atoms with van der Waals surface area (Å²) in [6.45, 7) is 4.65. The maximum Gasteiger partial charge on any atom is 0.0845 e. The molecule has 0 aliphatic rings. The zero-order valence-corrected chi connectivity index (χ0v) is 7.73. The summed E-state index contributed by atoms with van der Waals surface area (Å²) in [4.78, 5) is 0. The second-order valence-electron chi connectivity index (χ2n) is 2.08. The average molecular weight is 164 g/mol. The minimum Gasteiger partial charge on any atom is -0.502 e. The first-order valence-corrected chi connectivity index (χ1v) is 4.14. The first-order chi connectivity index (χ1) is 5.91. The Morgan fingerprint density at radius 2 is 1.42 bits per heavy atom. The molecule has 0 aliphatic carbocycles. The highest BCUT2D eigenvalue weighted by Crippen LogP contribution is 1.79. The Morgan fingerprint density at radius 1 is 1.00 bits per heavy atom. The quantitative estimate of drug-likeness (QED) is 0.610. The maximum absolute atomic E-state index is 4.80. The highest BCUT2D eigenvalue weighted by atomic mass is 16.5. The molecule has 1 aromatic rings. The number of benzene rings is 1. The molecular formula is C11H16O. The van der Waals surface area contributed by atoms with Crippen LogP contribution in [0.4, 0.5) is 0 Å². The van der Waals surface area contributed by atoms with Gasteiger partial charge in [-0.3, -0.25) is 0 Å². The zero-order chi connectivity index (χ0) is 9.07. The molecule has 0 spiro atoms. The van der Waals surface area contributed by atoms with Crippen molar-refractivity contribution in [3.8, 4) is 0 Å². The number of rotatable bonds is 2. The Morgan fingerprint density at radius 3 is 1.58 bits per heavy atom. The first kappa shape index (κ1) is 10.8. The Kier molecular flexibility index (Phi) is 8.75. The van der Waals surface area contributed by atoms with Gasteiger partial charge in [0, 0.05) is 0 Å². The molecule has 0 fully saturated rings. The molecule has 1 aromatic carbocycles. The molecule has 0 aromatic heterocycles. The predicted octanol–water partition coefficient (Wildman–Crippen LogP) is 3.24. The summed E-state index contributed by atoms with van der Waals surface area (Å²) in [7, 11) is 0. The van der Waals surface area contributed by atoms with Crippen LogP contribution in [0.15, 0.2) is 48.7 Å². The van der Waals surface area contributed by atoms with Crippen LogP contribution in [0.2, 0.25) is 0 Å². The van der Waals surface area contributed by atoms with Crippen LogP contribution in [0.5, 0.6) is 0 Å². The third-order valence-electron chi connectivity index (χ3n) is 1.07. The molecule has 1 heteroatoms. The number of ether oxygens (including phenoxy) is 1. The lowest BCUT2D eigenvalue weighted by Gasteiger charge is -1.86. The molecule has 12 heavy (non-hydrogen) atoms. The van der Waals surface area contributed by atoms with Crippen LogP contribution in [-0.2, 0) is 4.74 Å². The molecule has 0 bridgehead atoms. The van der Waals surface area contributed by atoms with E-state index in [2.05, 4.69) is 0 Å². The van der Waals surface area contributed by atoms with E-state index in [4.69, 9.17) is 4.74 Å². The molecule has 0 saturated carbocycles. The molecule has 0 amide bonds. The molecule has 0 atom stereocenters. The van der Waals surface area contributed by atoms with Gasteiger partial charge in [-0.05, 0) is 13.8 Å². The smallest absolute Gasteiger partial charge is 0.0845 e. The second kappa shape index (κ2) is 9.76. The predicted molar refractivity (Wildman–Crippen MR) is 52.9 cm³/mol. The van der Waals surface area contributed by atoms with E-state index in [1.54, 1.807) is 6.26 Å². The van der Waals surface area contributed by atoms with Crippen molar-refractivity contribution in [1.29, 1.82) is 0 Å². The SMILES string of the molecule is CC=COCC.c1ccccc1. The lowest BCUT2D eigenvalue weighted by atomic mass is 10.4. The lowest BCUT2D eigenvalue weighted by molar-refractivity contribution is 0.269. The van der Waals surface area contributed by atoms with Gasteiger partial charge in [-0.25, -0.2) is 0 Å². The Labute approximate surface area is 74.7 Å². The third kappa shape index (κ3) is 8.76. The van der Waals surface area contributed by atoms with Crippen LogP contribution >= 0.6 is 0 Å². The summed E-state index contributed by atoms with van der Waals surface area (Å²) in [6.07, 6.45) is 3.55. The first-order valence-electron chi connectivity index (χ1n) is 4.14. The van der Waals surface area contributed by atoms with E-state index in [9.17, 15) is 0 Å². The van der Waals surface area contributed by atoms with E-state index in [1.165, 1.54) is 0 Å². The highest BCUT2D eigenvalue weighted by Gasteiger charge is 1.60. The largest absolute Gasteiger partial charge is 0.502 e. The van der Waals surface area contributed by atoms with Crippen LogP contribution in [0, 0.1) is 0 Å². The molecule has 0 heterocycles. The Hall–Kier alpha value is -1.24. The molecular weight excluding hydrogens is 148 g/mol. The van der Waals surface area contributed by atoms with Crippen molar-refractivity contribution in [1.82, 2.24) is 0 Å². The van der Waals surface area contributed by atoms with E-state index in [0.29, 0.717) is 0 Å². The van der Waals surface area contributed by atoms with Gasteiger partial charge in [-0.15, -0.1) is 0 Å². The molecule has 1 rings (SSSR count). The normalized spacial score (nSPS) is 8.83. The molecule has 1 nitrogen and oxygen atoms in total. The van der Waals surface area contributed by atoms with Crippen LogP contribution in [0.1, 0.15) is 13.8 Å². The summed E-state index contributed by atoms with van der Waals surface area (Å²) in [5, 5.41) is 0. The number of hydrogen-bond acceptors (Lipinski definition) is 1. The van der Waals surface area contributed by atoms with Gasteiger partial charge in [-0.2, -0.15) is 0 Å². The summed E-state index contributed by atoms with van der Waals surface area (Å²) in [6, 6.07) is 12.0. The van der Waals surface area contributed by atoms with Gasteiger partial charge in [0.05, 0.1) is 12.9 Å². The summed E-state index contributed by atoms with van der Waals surface area (Å²) < 4.78 is 4.80. The second-order valence-corrected chi connectivity index (χ2v) is 2.08. The number of hydrogen-bond donors (Lipinski definition) is 0. The van der Waals surface area contributed by atoms with Crippen LogP contribution in [0.3, 0.4) is 0 Å². The van der Waals surface area contributed by atoms with Crippen molar-refractivity contribution in [2.45, 2.75) is 13.8 Å². The van der Waals surface area contributed by atoms with Crippen molar-refractivity contribution in [2.75, 3.05) is 6.61 Å². The molecule has 0 unspecified atom stereocenters. The molecule has 0 radical (unpaired) electrons. The maximum atomic E-state index is 4.80. The topological polar surface area (TPSA) is 9.23 Å². The van der Waals surface area contributed by atoms with Crippen LogP contribution < -0.4 is 0 Å². The summed E-state index contributed by atoms with van der Waals surface area (Å²) in [5.41, 5.74) is 0. The van der Waals surface area contributed by atoms with Crippen molar-refractivity contribution >= 4 is 0 Å². The van der Waals surface area contributed by atoms with E-state index < -0.39 is 0 Å². The Bertz CT molecular complexity index is 153.